The monoisotopic (exact) mass is 348 g/mol. The van der Waals surface area contributed by atoms with Gasteiger partial charge >= 0.3 is 0 Å². The number of methoxy groups -OCH3 is 2. The molecule has 0 fully saturated rings. The van der Waals surface area contributed by atoms with E-state index in [-0.39, 0.29) is 5.96 Å². The Morgan fingerprint density at radius 2 is 1.88 bits per heavy atom. The minimum absolute atomic E-state index is 0.186. The molecule has 24 heavy (non-hydrogen) atoms. The second-order valence-electron chi connectivity index (χ2n) is 4.55. The smallest absolute Gasteiger partial charge is 0.245 e. The molecule has 2 rings (SSSR count). The van der Waals surface area contributed by atoms with Gasteiger partial charge in [-0.2, -0.15) is 10.2 Å². The van der Waals surface area contributed by atoms with Crippen LogP contribution in [0.25, 0.3) is 0 Å². The Morgan fingerprint density at radius 3 is 2.50 bits per heavy atom. The lowest BCUT2D eigenvalue weighted by Gasteiger charge is -2.14. The minimum Gasteiger partial charge on any atom is -0.493 e. The van der Waals surface area contributed by atoms with Crippen LogP contribution < -0.4 is 20.3 Å². The summed E-state index contributed by atoms with van der Waals surface area (Å²) < 4.78 is 10.4. The molecular weight excluding hydrogens is 332 g/mol. The second kappa shape index (κ2) is 8.19. The number of hydroxylamine groups is 1. The maximum absolute atomic E-state index is 9.93. The molecule has 7 nitrogen and oxygen atoms in total. The van der Waals surface area contributed by atoms with Crippen molar-refractivity contribution in [2.75, 3.05) is 19.3 Å². The molecule has 0 saturated heterocycles. The molecule has 0 saturated carbocycles. The molecule has 0 bridgehead atoms. The summed E-state index contributed by atoms with van der Waals surface area (Å²) in [6.45, 7) is 0. The zero-order valence-electron chi connectivity index (χ0n) is 13.2. The molecular formula is C16H17ClN4O3. The third kappa shape index (κ3) is 3.95. The molecule has 0 spiro atoms. The van der Waals surface area contributed by atoms with Gasteiger partial charge in [0.25, 0.3) is 0 Å². The van der Waals surface area contributed by atoms with Crippen molar-refractivity contribution >= 4 is 29.5 Å². The average molecular weight is 349 g/mol. The summed E-state index contributed by atoms with van der Waals surface area (Å²) in [6, 6.07) is 12.1. The van der Waals surface area contributed by atoms with Crippen LogP contribution in [0.15, 0.2) is 52.7 Å². The van der Waals surface area contributed by atoms with Crippen molar-refractivity contribution in [3.63, 3.8) is 0 Å². The van der Waals surface area contributed by atoms with Crippen molar-refractivity contribution in [2.45, 2.75) is 0 Å². The summed E-state index contributed by atoms with van der Waals surface area (Å²) in [5.41, 5.74) is 6.72. The summed E-state index contributed by atoms with van der Waals surface area (Å²) in [5.74, 6) is 0.718. The molecule has 0 unspecified atom stereocenters. The number of benzene rings is 2. The Labute approximate surface area is 144 Å². The summed E-state index contributed by atoms with van der Waals surface area (Å²) in [7, 11) is 3.01. The minimum atomic E-state index is -0.186. The maximum atomic E-state index is 9.93. The molecule has 0 aliphatic heterocycles. The molecule has 2 aromatic rings. The van der Waals surface area contributed by atoms with Gasteiger partial charge in [-0.1, -0.05) is 29.8 Å². The highest BCUT2D eigenvalue weighted by Gasteiger charge is 2.12. The Morgan fingerprint density at radius 1 is 1.17 bits per heavy atom. The molecule has 0 aromatic heterocycles. The van der Waals surface area contributed by atoms with Gasteiger partial charge in [-0.25, -0.2) is 0 Å². The fraction of sp³-hybridized carbons (Fsp3) is 0.125. The highest BCUT2D eigenvalue weighted by molar-refractivity contribution is 6.34. The van der Waals surface area contributed by atoms with Gasteiger partial charge in [0.1, 0.15) is 0 Å². The van der Waals surface area contributed by atoms with Gasteiger partial charge < -0.3 is 15.2 Å². The molecule has 0 aliphatic carbocycles. The summed E-state index contributed by atoms with van der Waals surface area (Å²) >= 11 is 6.23. The van der Waals surface area contributed by atoms with E-state index >= 15 is 0 Å². The molecule has 126 valence electrons. The number of hydrogen-bond donors (Lipinski definition) is 2. The molecule has 3 N–H and O–H groups in total. The van der Waals surface area contributed by atoms with Crippen LogP contribution in [0.2, 0.25) is 5.02 Å². The average Bonchev–Trinajstić information content (AvgIpc) is 2.62. The number of nitrogens with two attached hydrogens (primary N) is 1. The van der Waals surface area contributed by atoms with E-state index in [2.05, 4.69) is 10.2 Å². The summed E-state index contributed by atoms with van der Waals surface area (Å²) in [6.07, 6.45) is 1.40. The van der Waals surface area contributed by atoms with E-state index in [1.54, 1.807) is 36.4 Å². The number of ether oxygens (including phenoxy) is 2. The van der Waals surface area contributed by atoms with Crippen LogP contribution >= 0.6 is 11.6 Å². The lowest BCUT2D eigenvalue weighted by atomic mass is 10.2. The van der Waals surface area contributed by atoms with Crippen molar-refractivity contribution in [2.24, 2.45) is 15.9 Å². The predicted octanol–water partition coefficient (Wildman–Crippen LogP) is 2.90. The van der Waals surface area contributed by atoms with Gasteiger partial charge in [0.05, 0.1) is 31.1 Å². The van der Waals surface area contributed by atoms with E-state index in [0.717, 1.165) is 5.06 Å². The number of guanidine groups is 1. The van der Waals surface area contributed by atoms with E-state index in [1.807, 2.05) is 6.07 Å². The largest absolute Gasteiger partial charge is 0.493 e. The first-order valence-electron chi connectivity index (χ1n) is 6.89. The standard InChI is InChI=1S/C16H17ClN4O3/c1-23-13-9-8-11(14(17)15(13)24-2)10-19-20-16(18)21(22)12-6-4-3-5-7-12/h3-10,22H,1-2H3,(H2,18,20). The summed E-state index contributed by atoms with van der Waals surface area (Å²) in [5, 5.41) is 18.6. The molecule has 8 heteroatoms. The van der Waals surface area contributed by atoms with E-state index in [1.165, 1.54) is 20.4 Å². The van der Waals surface area contributed by atoms with Crippen molar-refractivity contribution in [3.8, 4) is 11.5 Å². The Balaban J connectivity index is 2.19. The fourth-order valence-corrected chi connectivity index (χ4v) is 2.18. The lowest BCUT2D eigenvalue weighted by Crippen LogP contribution is -2.34. The topological polar surface area (TPSA) is 92.7 Å². The number of nitrogens with zero attached hydrogens (tertiary/aromatic N) is 3. The van der Waals surface area contributed by atoms with Crippen LogP contribution in [-0.2, 0) is 0 Å². The molecule has 0 amide bonds. The lowest BCUT2D eigenvalue weighted by molar-refractivity contribution is 0.310. The second-order valence-corrected chi connectivity index (χ2v) is 4.93. The zero-order chi connectivity index (χ0) is 17.5. The van der Waals surface area contributed by atoms with Gasteiger partial charge in [-0.3, -0.25) is 5.21 Å². The van der Waals surface area contributed by atoms with Gasteiger partial charge in [-0.15, -0.1) is 5.10 Å². The number of rotatable bonds is 5. The number of para-hydroxylation sites is 1. The normalized spacial score (nSPS) is 11.6. The fourth-order valence-electron chi connectivity index (χ4n) is 1.90. The van der Waals surface area contributed by atoms with Crippen molar-refractivity contribution in [3.05, 3.63) is 53.1 Å². The Bertz CT molecular complexity index is 750. The van der Waals surface area contributed by atoms with Crippen LogP contribution in [0.4, 0.5) is 5.69 Å². The van der Waals surface area contributed by atoms with Gasteiger partial charge in [0.2, 0.25) is 5.96 Å². The third-order valence-corrected chi connectivity index (χ3v) is 3.48. The Kier molecular flexibility index (Phi) is 6.00. The van der Waals surface area contributed by atoms with E-state index < -0.39 is 0 Å². The van der Waals surface area contributed by atoms with Crippen molar-refractivity contribution in [1.82, 2.24) is 0 Å². The third-order valence-electron chi connectivity index (χ3n) is 3.09. The number of anilines is 1. The highest BCUT2D eigenvalue weighted by Crippen LogP contribution is 2.36. The number of halogens is 1. The van der Waals surface area contributed by atoms with Crippen LogP contribution in [0.5, 0.6) is 11.5 Å². The van der Waals surface area contributed by atoms with Gasteiger partial charge in [0.15, 0.2) is 11.5 Å². The Hall–Kier alpha value is -2.77. The molecule has 0 aliphatic rings. The first-order chi connectivity index (χ1) is 11.6. The number of hydrogen-bond acceptors (Lipinski definition) is 5. The molecule has 2 aromatic carbocycles. The maximum Gasteiger partial charge on any atom is 0.245 e. The predicted molar refractivity (Wildman–Crippen MR) is 94.5 cm³/mol. The van der Waals surface area contributed by atoms with E-state index in [9.17, 15) is 5.21 Å². The van der Waals surface area contributed by atoms with Gasteiger partial charge in [-0.05, 0) is 24.3 Å². The quantitative estimate of drug-likeness (QED) is 0.492. The van der Waals surface area contributed by atoms with Crippen LogP contribution in [0.1, 0.15) is 5.56 Å². The SMILES string of the molecule is COc1ccc(C=NN=C(N)N(O)c2ccccc2)c(Cl)c1OC. The first kappa shape index (κ1) is 17.6. The van der Waals surface area contributed by atoms with E-state index in [0.29, 0.717) is 27.8 Å². The first-order valence-corrected chi connectivity index (χ1v) is 7.27. The van der Waals surface area contributed by atoms with Crippen LogP contribution in [0, 0.1) is 0 Å². The van der Waals surface area contributed by atoms with Crippen LogP contribution in [0.3, 0.4) is 0 Å². The van der Waals surface area contributed by atoms with Crippen molar-refractivity contribution in [1.29, 1.82) is 0 Å². The molecule has 0 radical (unpaired) electrons. The summed E-state index contributed by atoms with van der Waals surface area (Å²) in [4.78, 5) is 0. The highest BCUT2D eigenvalue weighted by atomic mass is 35.5. The molecule has 0 atom stereocenters. The molecule has 0 heterocycles. The van der Waals surface area contributed by atoms with Crippen LogP contribution in [-0.4, -0.2) is 31.6 Å². The van der Waals surface area contributed by atoms with Crippen molar-refractivity contribution < 1.29 is 14.7 Å². The van der Waals surface area contributed by atoms with E-state index in [4.69, 9.17) is 26.8 Å². The zero-order valence-corrected chi connectivity index (χ0v) is 13.9. The van der Waals surface area contributed by atoms with Gasteiger partial charge in [0, 0.05) is 5.56 Å².